The number of ether oxygens (including phenoxy) is 2. The SMILES string of the molecule is COC(C)(C)CCOC(CNC1CC1)c1ccc(F)cc1. The van der Waals surface area contributed by atoms with Crippen molar-refractivity contribution in [1.29, 1.82) is 0 Å². The third kappa shape index (κ3) is 5.73. The van der Waals surface area contributed by atoms with E-state index in [2.05, 4.69) is 5.32 Å². The lowest BCUT2D eigenvalue weighted by atomic mass is 10.1. The zero-order valence-electron chi connectivity index (χ0n) is 13.2. The summed E-state index contributed by atoms with van der Waals surface area (Å²) in [7, 11) is 1.71. The Morgan fingerprint density at radius 3 is 2.52 bits per heavy atom. The molecular formula is C17H26FNO2. The van der Waals surface area contributed by atoms with E-state index in [9.17, 15) is 4.39 Å². The first-order chi connectivity index (χ1) is 10.00. The summed E-state index contributed by atoms with van der Waals surface area (Å²) < 4.78 is 24.5. The van der Waals surface area contributed by atoms with Gasteiger partial charge in [-0.05, 0) is 50.8 Å². The van der Waals surface area contributed by atoms with Crippen LogP contribution in [-0.4, -0.2) is 31.9 Å². The van der Waals surface area contributed by atoms with E-state index in [1.807, 2.05) is 13.8 Å². The second kappa shape index (κ2) is 7.34. The van der Waals surface area contributed by atoms with Gasteiger partial charge < -0.3 is 14.8 Å². The van der Waals surface area contributed by atoms with Crippen LogP contribution in [0.3, 0.4) is 0 Å². The van der Waals surface area contributed by atoms with Crippen molar-refractivity contribution in [3.63, 3.8) is 0 Å². The maximum atomic E-state index is 13.1. The molecule has 1 aromatic carbocycles. The molecule has 118 valence electrons. The molecule has 0 aliphatic heterocycles. The Labute approximate surface area is 126 Å². The van der Waals surface area contributed by atoms with Crippen LogP contribution >= 0.6 is 0 Å². The third-order valence-electron chi connectivity index (χ3n) is 3.99. The van der Waals surface area contributed by atoms with Crippen LogP contribution in [0.4, 0.5) is 4.39 Å². The molecule has 1 aromatic rings. The molecule has 2 rings (SSSR count). The molecule has 0 amide bonds. The Bertz CT molecular complexity index is 429. The van der Waals surface area contributed by atoms with Crippen molar-refractivity contribution in [3.05, 3.63) is 35.6 Å². The summed E-state index contributed by atoms with van der Waals surface area (Å²) in [6.07, 6.45) is 3.27. The highest BCUT2D eigenvalue weighted by Crippen LogP contribution is 2.23. The molecule has 21 heavy (non-hydrogen) atoms. The molecule has 1 fully saturated rings. The number of hydrogen-bond acceptors (Lipinski definition) is 3. The fourth-order valence-electron chi connectivity index (χ4n) is 2.06. The first kappa shape index (κ1) is 16.4. The highest BCUT2D eigenvalue weighted by molar-refractivity contribution is 5.19. The van der Waals surface area contributed by atoms with E-state index < -0.39 is 0 Å². The van der Waals surface area contributed by atoms with Crippen molar-refractivity contribution in [2.24, 2.45) is 0 Å². The minimum atomic E-state index is -0.215. The Kier molecular flexibility index (Phi) is 5.73. The molecule has 0 heterocycles. The molecular weight excluding hydrogens is 269 g/mol. The van der Waals surface area contributed by atoms with Gasteiger partial charge in [-0.25, -0.2) is 4.39 Å². The van der Waals surface area contributed by atoms with Crippen LogP contribution in [-0.2, 0) is 9.47 Å². The van der Waals surface area contributed by atoms with E-state index >= 15 is 0 Å². The summed E-state index contributed by atoms with van der Waals surface area (Å²) in [5, 5.41) is 3.48. The Balaban J connectivity index is 1.89. The monoisotopic (exact) mass is 295 g/mol. The van der Waals surface area contributed by atoms with Gasteiger partial charge in [0.15, 0.2) is 0 Å². The summed E-state index contributed by atoms with van der Waals surface area (Å²) in [6, 6.07) is 7.21. The molecule has 1 unspecified atom stereocenters. The number of nitrogens with one attached hydrogen (secondary N) is 1. The number of rotatable bonds is 9. The number of benzene rings is 1. The molecule has 1 aliphatic rings. The van der Waals surface area contributed by atoms with Gasteiger partial charge in [0.25, 0.3) is 0 Å². The Morgan fingerprint density at radius 2 is 1.95 bits per heavy atom. The van der Waals surface area contributed by atoms with Crippen LogP contribution < -0.4 is 5.32 Å². The van der Waals surface area contributed by atoms with Gasteiger partial charge in [-0.15, -0.1) is 0 Å². The lowest BCUT2D eigenvalue weighted by Crippen LogP contribution is -2.28. The molecule has 1 saturated carbocycles. The third-order valence-corrected chi connectivity index (χ3v) is 3.99. The average molecular weight is 295 g/mol. The molecule has 0 saturated heterocycles. The van der Waals surface area contributed by atoms with Crippen LogP contribution in [0.2, 0.25) is 0 Å². The molecule has 4 heteroatoms. The largest absolute Gasteiger partial charge is 0.379 e. The molecule has 3 nitrogen and oxygen atoms in total. The minimum absolute atomic E-state index is 0.0427. The van der Waals surface area contributed by atoms with E-state index in [0.29, 0.717) is 12.6 Å². The lowest BCUT2D eigenvalue weighted by Gasteiger charge is -2.25. The van der Waals surface area contributed by atoms with E-state index in [4.69, 9.17) is 9.47 Å². The fourth-order valence-corrected chi connectivity index (χ4v) is 2.06. The van der Waals surface area contributed by atoms with E-state index in [0.717, 1.165) is 18.5 Å². The minimum Gasteiger partial charge on any atom is -0.379 e. The van der Waals surface area contributed by atoms with Gasteiger partial charge in [0.05, 0.1) is 18.3 Å². The molecule has 0 radical (unpaired) electrons. The van der Waals surface area contributed by atoms with Crippen molar-refractivity contribution in [1.82, 2.24) is 5.32 Å². The second-order valence-electron chi connectivity index (χ2n) is 6.31. The van der Waals surface area contributed by atoms with Gasteiger partial charge in [0, 0.05) is 19.7 Å². The molecule has 1 atom stereocenters. The van der Waals surface area contributed by atoms with Gasteiger partial charge in [0.1, 0.15) is 5.82 Å². The van der Waals surface area contributed by atoms with Crippen molar-refractivity contribution in [3.8, 4) is 0 Å². The summed E-state index contributed by atoms with van der Waals surface area (Å²) >= 11 is 0. The number of methoxy groups -OCH3 is 1. The number of halogens is 1. The smallest absolute Gasteiger partial charge is 0.123 e. The molecule has 0 aromatic heterocycles. The average Bonchev–Trinajstić information content (AvgIpc) is 3.28. The molecule has 0 spiro atoms. The van der Waals surface area contributed by atoms with Crippen LogP contribution in [0.5, 0.6) is 0 Å². The fraction of sp³-hybridized carbons (Fsp3) is 0.647. The van der Waals surface area contributed by atoms with Crippen LogP contribution in [0.15, 0.2) is 24.3 Å². The van der Waals surface area contributed by atoms with E-state index in [1.54, 1.807) is 19.2 Å². The topological polar surface area (TPSA) is 30.5 Å². The zero-order valence-corrected chi connectivity index (χ0v) is 13.2. The summed E-state index contributed by atoms with van der Waals surface area (Å²) in [5.41, 5.74) is 0.830. The van der Waals surface area contributed by atoms with Gasteiger partial charge in [-0.2, -0.15) is 0 Å². The normalized spacial score (nSPS) is 17.0. The highest BCUT2D eigenvalue weighted by atomic mass is 19.1. The quantitative estimate of drug-likeness (QED) is 0.757. The maximum absolute atomic E-state index is 13.1. The lowest BCUT2D eigenvalue weighted by molar-refractivity contribution is -0.0273. The van der Waals surface area contributed by atoms with Crippen molar-refractivity contribution >= 4 is 0 Å². The first-order valence-corrected chi connectivity index (χ1v) is 7.66. The van der Waals surface area contributed by atoms with E-state index in [1.165, 1.54) is 25.0 Å². The summed E-state index contributed by atoms with van der Waals surface area (Å²) in [5.74, 6) is -0.215. The highest BCUT2D eigenvalue weighted by Gasteiger charge is 2.23. The van der Waals surface area contributed by atoms with Crippen molar-refractivity contribution in [2.75, 3.05) is 20.3 Å². The van der Waals surface area contributed by atoms with Gasteiger partial charge in [0.2, 0.25) is 0 Å². The van der Waals surface area contributed by atoms with Crippen LogP contribution in [0.1, 0.15) is 44.8 Å². The van der Waals surface area contributed by atoms with E-state index in [-0.39, 0.29) is 17.5 Å². The van der Waals surface area contributed by atoms with Crippen molar-refractivity contribution < 1.29 is 13.9 Å². The van der Waals surface area contributed by atoms with Crippen LogP contribution in [0.25, 0.3) is 0 Å². The van der Waals surface area contributed by atoms with Crippen LogP contribution in [0, 0.1) is 5.82 Å². The second-order valence-corrected chi connectivity index (χ2v) is 6.31. The molecule has 1 aliphatic carbocycles. The molecule has 0 bridgehead atoms. The van der Waals surface area contributed by atoms with Gasteiger partial charge in [-0.3, -0.25) is 0 Å². The van der Waals surface area contributed by atoms with Gasteiger partial charge >= 0.3 is 0 Å². The standard InChI is InChI=1S/C17H26FNO2/c1-17(2,20-3)10-11-21-16(12-19-15-8-9-15)13-4-6-14(18)7-5-13/h4-7,15-16,19H,8-12H2,1-3H3. The first-order valence-electron chi connectivity index (χ1n) is 7.66. The Hall–Kier alpha value is -0.970. The summed E-state index contributed by atoms with van der Waals surface area (Å²) in [6.45, 7) is 5.48. The maximum Gasteiger partial charge on any atom is 0.123 e. The summed E-state index contributed by atoms with van der Waals surface area (Å²) in [4.78, 5) is 0. The predicted molar refractivity (Wildman–Crippen MR) is 81.8 cm³/mol. The number of hydrogen-bond donors (Lipinski definition) is 1. The predicted octanol–water partition coefficient (Wildman–Crippen LogP) is 3.45. The van der Waals surface area contributed by atoms with Crippen molar-refractivity contribution in [2.45, 2.75) is 50.9 Å². The Morgan fingerprint density at radius 1 is 1.29 bits per heavy atom. The van der Waals surface area contributed by atoms with Gasteiger partial charge in [-0.1, -0.05) is 12.1 Å². The zero-order chi connectivity index (χ0) is 15.3. The molecule has 1 N–H and O–H groups in total.